The molecule has 0 spiro atoms. The van der Waals surface area contributed by atoms with E-state index in [0.717, 1.165) is 31.5 Å². The Kier molecular flexibility index (Phi) is 1.29. The van der Waals surface area contributed by atoms with Crippen molar-refractivity contribution in [2.24, 2.45) is 11.8 Å². The van der Waals surface area contributed by atoms with Gasteiger partial charge in [-0.1, -0.05) is 0 Å². The monoisotopic (exact) mass is 141 g/mol. The molecule has 0 bridgehead atoms. The van der Waals surface area contributed by atoms with Gasteiger partial charge in [0.2, 0.25) is 0 Å². The molecule has 2 heterocycles. The molecular formula is C8H15NO. The topological polar surface area (TPSA) is 21.3 Å². The molecule has 0 aromatic rings. The van der Waals surface area contributed by atoms with Crippen LogP contribution in [0.3, 0.4) is 0 Å². The van der Waals surface area contributed by atoms with E-state index in [1.165, 1.54) is 0 Å². The summed E-state index contributed by atoms with van der Waals surface area (Å²) in [5, 5.41) is 3.40. The third-order valence-electron chi connectivity index (χ3n) is 2.90. The third-order valence-corrected chi connectivity index (χ3v) is 2.90. The van der Waals surface area contributed by atoms with E-state index in [4.69, 9.17) is 4.74 Å². The van der Waals surface area contributed by atoms with Crippen LogP contribution in [0.1, 0.15) is 13.8 Å². The lowest BCUT2D eigenvalue weighted by Gasteiger charge is -2.23. The zero-order chi connectivity index (χ0) is 7.19. The Balaban J connectivity index is 2.16. The largest absolute Gasteiger partial charge is 0.375 e. The first kappa shape index (κ1) is 6.62. The van der Waals surface area contributed by atoms with Crippen molar-refractivity contribution in [2.45, 2.75) is 19.4 Å². The standard InChI is InChI=1S/C8H15NO/c1-8(2)7-4-9-3-6(7)5-10-8/h6-7,9H,3-5H2,1-2H3. The van der Waals surface area contributed by atoms with E-state index in [-0.39, 0.29) is 5.60 Å². The minimum Gasteiger partial charge on any atom is -0.375 e. The number of nitrogens with one attached hydrogen (secondary N) is 1. The average molecular weight is 141 g/mol. The molecule has 2 aliphatic rings. The number of hydrogen-bond acceptors (Lipinski definition) is 2. The van der Waals surface area contributed by atoms with Crippen LogP contribution >= 0.6 is 0 Å². The first-order valence-electron chi connectivity index (χ1n) is 4.05. The smallest absolute Gasteiger partial charge is 0.0670 e. The van der Waals surface area contributed by atoms with Gasteiger partial charge in [0.25, 0.3) is 0 Å². The van der Waals surface area contributed by atoms with E-state index in [2.05, 4.69) is 19.2 Å². The van der Waals surface area contributed by atoms with Crippen LogP contribution in [0.15, 0.2) is 0 Å². The molecule has 2 heteroatoms. The van der Waals surface area contributed by atoms with Crippen LogP contribution in [0.4, 0.5) is 0 Å². The SMILES string of the molecule is CC1(C)OCC2CNCC21. The van der Waals surface area contributed by atoms with Gasteiger partial charge in [-0.3, -0.25) is 0 Å². The fourth-order valence-electron chi connectivity index (χ4n) is 2.15. The normalized spacial score (nSPS) is 43.8. The van der Waals surface area contributed by atoms with Gasteiger partial charge in [0, 0.05) is 24.9 Å². The number of ether oxygens (including phenoxy) is 1. The second-order valence-corrected chi connectivity index (χ2v) is 3.94. The van der Waals surface area contributed by atoms with Crippen LogP contribution in [0.2, 0.25) is 0 Å². The molecule has 2 fully saturated rings. The van der Waals surface area contributed by atoms with E-state index in [1.54, 1.807) is 0 Å². The van der Waals surface area contributed by atoms with Crippen LogP contribution < -0.4 is 5.32 Å². The van der Waals surface area contributed by atoms with Crippen LogP contribution in [0.25, 0.3) is 0 Å². The van der Waals surface area contributed by atoms with Gasteiger partial charge in [0.05, 0.1) is 12.2 Å². The maximum atomic E-state index is 5.67. The van der Waals surface area contributed by atoms with Crippen LogP contribution in [-0.4, -0.2) is 25.3 Å². The maximum Gasteiger partial charge on any atom is 0.0670 e. The highest BCUT2D eigenvalue weighted by Crippen LogP contribution is 2.37. The van der Waals surface area contributed by atoms with E-state index < -0.39 is 0 Å². The minimum atomic E-state index is 0.133. The molecule has 0 aliphatic carbocycles. The summed E-state index contributed by atoms with van der Waals surface area (Å²) >= 11 is 0. The molecule has 2 unspecified atom stereocenters. The summed E-state index contributed by atoms with van der Waals surface area (Å²) in [7, 11) is 0. The lowest BCUT2D eigenvalue weighted by molar-refractivity contribution is 0.0111. The molecule has 0 saturated carbocycles. The third kappa shape index (κ3) is 0.789. The van der Waals surface area contributed by atoms with Crippen molar-refractivity contribution in [2.75, 3.05) is 19.7 Å². The van der Waals surface area contributed by atoms with Gasteiger partial charge in [-0.15, -0.1) is 0 Å². The summed E-state index contributed by atoms with van der Waals surface area (Å²) in [6.45, 7) is 7.67. The zero-order valence-electron chi connectivity index (χ0n) is 6.68. The van der Waals surface area contributed by atoms with Crippen molar-refractivity contribution in [1.29, 1.82) is 0 Å². The minimum absolute atomic E-state index is 0.133. The highest BCUT2D eigenvalue weighted by Gasteiger charge is 2.45. The lowest BCUT2D eigenvalue weighted by Crippen LogP contribution is -2.31. The summed E-state index contributed by atoms with van der Waals surface area (Å²) in [5.74, 6) is 1.54. The van der Waals surface area contributed by atoms with E-state index in [0.29, 0.717) is 0 Å². The quantitative estimate of drug-likeness (QED) is 0.534. The summed E-state index contributed by atoms with van der Waals surface area (Å²) in [5.41, 5.74) is 0.133. The van der Waals surface area contributed by atoms with Crippen molar-refractivity contribution in [3.05, 3.63) is 0 Å². The van der Waals surface area contributed by atoms with E-state index in [9.17, 15) is 0 Å². The van der Waals surface area contributed by atoms with Crippen LogP contribution in [0.5, 0.6) is 0 Å². The van der Waals surface area contributed by atoms with Crippen LogP contribution in [0, 0.1) is 11.8 Å². The molecule has 1 N–H and O–H groups in total. The predicted molar refractivity (Wildman–Crippen MR) is 39.9 cm³/mol. The average Bonchev–Trinajstić information content (AvgIpc) is 2.36. The predicted octanol–water partition coefficient (Wildman–Crippen LogP) is 0.631. The van der Waals surface area contributed by atoms with Crippen molar-refractivity contribution < 1.29 is 4.74 Å². The number of fused-ring (bicyclic) bond motifs is 1. The molecule has 0 amide bonds. The molecule has 0 radical (unpaired) electrons. The highest BCUT2D eigenvalue weighted by molar-refractivity contribution is 4.96. The summed E-state index contributed by atoms with van der Waals surface area (Å²) < 4.78 is 5.67. The fourth-order valence-corrected chi connectivity index (χ4v) is 2.15. The van der Waals surface area contributed by atoms with Crippen LogP contribution in [-0.2, 0) is 4.74 Å². The van der Waals surface area contributed by atoms with Crippen molar-refractivity contribution >= 4 is 0 Å². The molecule has 2 aliphatic heterocycles. The fraction of sp³-hybridized carbons (Fsp3) is 1.00. The van der Waals surface area contributed by atoms with Gasteiger partial charge in [-0.05, 0) is 13.8 Å². The number of hydrogen-bond donors (Lipinski definition) is 1. The molecule has 2 rings (SSSR count). The van der Waals surface area contributed by atoms with Gasteiger partial charge in [0.15, 0.2) is 0 Å². The Morgan fingerprint density at radius 2 is 2.20 bits per heavy atom. The molecule has 2 nitrogen and oxygen atoms in total. The van der Waals surface area contributed by atoms with Gasteiger partial charge < -0.3 is 10.1 Å². The Morgan fingerprint density at radius 3 is 2.90 bits per heavy atom. The number of rotatable bonds is 0. The van der Waals surface area contributed by atoms with Gasteiger partial charge in [-0.2, -0.15) is 0 Å². The van der Waals surface area contributed by atoms with E-state index in [1.807, 2.05) is 0 Å². The second-order valence-electron chi connectivity index (χ2n) is 3.94. The summed E-state index contributed by atoms with van der Waals surface area (Å²) in [6, 6.07) is 0. The van der Waals surface area contributed by atoms with Crippen molar-refractivity contribution in [1.82, 2.24) is 5.32 Å². The first-order valence-corrected chi connectivity index (χ1v) is 4.05. The molecule has 2 atom stereocenters. The molecule has 10 heavy (non-hydrogen) atoms. The van der Waals surface area contributed by atoms with Crippen molar-refractivity contribution in [3.63, 3.8) is 0 Å². The van der Waals surface area contributed by atoms with Gasteiger partial charge in [0.1, 0.15) is 0 Å². The highest BCUT2D eigenvalue weighted by atomic mass is 16.5. The van der Waals surface area contributed by atoms with Crippen molar-refractivity contribution in [3.8, 4) is 0 Å². The Hall–Kier alpha value is -0.0800. The molecule has 58 valence electrons. The second kappa shape index (κ2) is 1.95. The zero-order valence-corrected chi connectivity index (χ0v) is 6.68. The summed E-state index contributed by atoms with van der Waals surface area (Å²) in [4.78, 5) is 0. The van der Waals surface area contributed by atoms with Gasteiger partial charge in [-0.25, -0.2) is 0 Å². The molecular weight excluding hydrogens is 126 g/mol. The molecule has 2 saturated heterocycles. The first-order chi connectivity index (χ1) is 4.70. The molecule has 0 aromatic carbocycles. The Labute approximate surface area is 61.9 Å². The molecule has 0 aromatic heterocycles. The summed E-state index contributed by atoms with van der Waals surface area (Å²) in [6.07, 6.45) is 0. The lowest BCUT2D eigenvalue weighted by atomic mass is 9.86. The van der Waals surface area contributed by atoms with Gasteiger partial charge >= 0.3 is 0 Å². The van der Waals surface area contributed by atoms with E-state index >= 15 is 0 Å². The maximum absolute atomic E-state index is 5.67. The Morgan fingerprint density at radius 1 is 1.40 bits per heavy atom. The Bertz CT molecular complexity index is 144.